The molecule has 0 bridgehead atoms. The van der Waals surface area contributed by atoms with Crippen molar-refractivity contribution in [1.29, 1.82) is 0 Å². The largest absolute Gasteiger partial charge is 0.480 e. The van der Waals surface area contributed by atoms with Gasteiger partial charge in [0.15, 0.2) is 0 Å². The van der Waals surface area contributed by atoms with E-state index in [0.717, 1.165) is 12.1 Å². The second-order valence-electron chi connectivity index (χ2n) is 5.45. The molecule has 0 amide bonds. The molecule has 5 heteroatoms. The number of hydrogen-bond donors (Lipinski definition) is 1. The Labute approximate surface area is 121 Å². The van der Waals surface area contributed by atoms with Crippen molar-refractivity contribution in [3.63, 3.8) is 0 Å². The third-order valence-electron chi connectivity index (χ3n) is 4.63. The van der Waals surface area contributed by atoms with Crippen molar-refractivity contribution in [2.24, 2.45) is 5.41 Å². The van der Waals surface area contributed by atoms with Gasteiger partial charge >= 0.3 is 0 Å². The van der Waals surface area contributed by atoms with E-state index < -0.39 is 0 Å². The summed E-state index contributed by atoms with van der Waals surface area (Å²) in [5.41, 5.74) is 1.14. The maximum Gasteiger partial charge on any atom is 0.240 e. The summed E-state index contributed by atoms with van der Waals surface area (Å²) in [7, 11) is 5.21. The van der Waals surface area contributed by atoms with Crippen molar-refractivity contribution in [1.82, 2.24) is 15.3 Å². The molecule has 112 valence electrons. The quantitative estimate of drug-likeness (QED) is 0.867. The molecule has 1 heterocycles. The Bertz CT molecular complexity index is 445. The van der Waals surface area contributed by atoms with Crippen LogP contribution in [0.1, 0.15) is 50.8 Å². The summed E-state index contributed by atoms with van der Waals surface area (Å²) in [6.45, 7) is 2.26. The van der Waals surface area contributed by atoms with Crippen LogP contribution in [0, 0.1) is 5.41 Å². The number of nitrogens with zero attached hydrogens (tertiary/aromatic N) is 2. The van der Waals surface area contributed by atoms with Gasteiger partial charge in [0.2, 0.25) is 11.8 Å². The first-order valence-corrected chi connectivity index (χ1v) is 7.33. The molecule has 0 spiro atoms. The minimum Gasteiger partial charge on any atom is -0.480 e. The molecule has 1 fully saturated rings. The summed E-state index contributed by atoms with van der Waals surface area (Å²) in [6.07, 6.45) is 7.84. The minimum absolute atomic E-state index is 0.170. The van der Waals surface area contributed by atoms with Crippen molar-refractivity contribution in [3.05, 3.63) is 11.9 Å². The molecule has 0 saturated heterocycles. The third-order valence-corrected chi connectivity index (χ3v) is 4.63. The molecule has 0 radical (unpaired) electrons. The van der Waals surface area contributed by atoms with Crippen LogP contribution >= 0.6 is 0 Å². The summed E-state index contributed by atoms with van der Waals surface area (Å²) in [5.74, 6) is 1.04. The van der Waals surface area contributed by atoms with Crippen LogP contribution in [0.2, 0.25) is 0 Å². The molecule has 0 aliphatic heterocycles. The van der Waals surface area contributed by atoms with Gasteiger partial charge in [-0.25, -0.2) is 4.98 Å². The molecular formula is C15H25N3O2. The third kappa shape index (κ3) is 2.59. The van der Waals surface area contributed by atoms with Crippen molar-refractivity contribution < 1.29 is 9.47 Å². The molecule has 1 aromatic heterocycles. The Morgan fingerprint density at radius 2 is 2.00 bits per heavy atom. The lowest BCUT2D eigenvalue weighted by atomic mass is 9.75. The first-order valence-electron chi connectivity index (χ1n) is 7.33. The van der Waals surface area contributed by atoms with Crippen molar-refractivity contribution >= 4 is 0 Å². The molecule has 1 N–H and O–H groups in total. The monoisotopic (exact) mass is 279 g/mol. The molecule has 1 aliphatic rings. The topological polar surface area (TPSA) is 56.3 Å². The summed E-state index contributed by atoms with van der Waals surface area (Å²) in [5, 5.41) is 3.44. The van der Waals surface area contributed by atoms with Crippen LogP contribution in [-0.4, -0.2) is 31.2 Å². The summed E-state index contributed by atoms with van der Waals surface area (Å²) < 4.78 is 10.6. The SMILES string of the molecule is CCC1(C(NC)c2ncc(OC)nc2OC)CCCC1. The first kappa shape index (κ1) is 15.0. The Balaban J connectivity index is 2.40. The molecule has 2 rings (SSSR count). The lowest BCUT2D eigenvalue weighted by molar-refractivity contribution is 0.186. The molecule has 20 heavy (non-hydrogen) atoms. The number of methoxy groups -OCH3 is 2. The Morgan fingerprint density at radius 3 is 2.50 bits per heavy atom. The zero-order valence-corrected chi connectivity index (χ0v) is 12.9. The first-order chi connectivity index (χ1) is 9.70. The fourth-order valence-electron chi connectivity index (χ4n) is 3.47. The number of aromatic nitrogens is 2. The molecule has 1 atom stereocenters. The van der Waals surface area contributed by atoms with Crippen LogP contribution in [-0.2, 0) is 0 Å². The van der Waals surface area contributed by atoms with E-state index in [1.54, 1.807) is 20.4 Å². The average molecular weight is 279 g/mol. The van der Waals surface area contributed by atoms with Gasteiger partial charge in [-0.3, -0.25) is 0 Å². The van der Waals surface area contributed by atoms with Crippen LogP contribution in [0.25, 0.3) is 0 Å². The molecule has 1 aliphatic carbocycles. The van der Waals surface area contributed by atoms with E-state index >= 15 is 0 Å². The highest BCUT2D eigenvalue weighted by atomic mass is 16.5. The minimum atomic E-state index is 0.170. The smallest absolute Gasteiger partial charge is 0.240 e. The van der Waals surface area contributed by atoms with Gasteiger partial charge in [0.1, 0.15) is 5.69 Å². The van der Waals surface area contributed by atoms with Gasteiger partial charge in [-0.2, -0.15) is 4.98 Å². The maximum absolute atomic E-state index is 5.43. The van der Waals surface area contributed by atoms with E-state index in [1.807, 2.05) is 7.05 Å². The van der Waals surface area contributed by atoms with Crippen LogP contribution < -0.4 is 14.8 Å². The second kappa shape index (κ2) is 6.39. The zero-order chi connectivity index (χ0) is 14.6. The number of nitrogens with one attached hydrogen (secondary N) is 1. The Morgan fingerprint density at radius 1 is 1.30 bits per heavy atom. The highest BCUT2D eigenvalue weighted by Gasteiger charge is 2.42. The van der Waals surface area contributed by atoms with Crippen LogP contribution in [0.4, 0.5) is 0 Å². The average Bonchev–Trinajstić information content (AvgIpc) is 2.98. The van der Waals surface area contributed by atoms with Crippen molar-refractivity contribution in [3.8, 4) is 11.8 Å². The Kier molecular flexibility index (Phi) is 4.81. The number of rotatable bonds is 6. The van der Waals surface area contributed by atoms with Gasteiger partial charge in [-0.1, -0.05) is 19.8 Å². The second-order valence-corrected chi connectivity index (χ2v) is 5.45. The van der Waals surface area contributed by atoms with Crippen molar-refractivity contribution in [2.45, 2.75) is 45.1 Å². The molecule has 1 aromatic rings. The maximum atomic E-state index is 5.43. The summed E-state index contributed by atoms with van der Waals surface area (Å²) >= 11 is 0. The summed E-state index contributed by atoms with van der Waals surface area (Å²) in [4.78, 5) is 8.92. The van der Waals surface area contributed by atoms with Crippen molar-refractivity contribution in [2.75, 3.05) is 21.3 Å². The van der Waals surface area contributed by atoms with Crippen LogP contribution in [0.3, 0.4) is 0 Å². The molecule has 5 nitrogen and oxygen atoms in total. The number of ether oxygens (including phenoxy) is 2. The number of hydrogen-bond acceptors (Lipinski definition) is 5. The van der Waals surface area contributed by atoms with E-state index in [0.29, 0.717) is 11.8 Å². The molecule has 1 unspecified atom stereocenters. The highest BCUT2D eigenvalue weighted by molar-refractivity contribution is 5.27. The predicted octanol–water partition coefficient (Wildman–Crippen LogP) is 2.72. The van der Waals surface area contributed by atoms with E-state index in [1.165, 1.54) is 25.7 Å². The molecule has 0 aromatic carbocycles. The van der Waals surface area contributed by atoms with Crippen LogP contribution in [0.15, 0.2) is 6.20 Å². The predicted molar refractivity (Wildman–Crippen MR) is 78.1 cm³/mol. The zero-order valence-electron chi connectivity index (χ0n) is 12.9. The van der Waals surface area contributed by atoms with E-state index in [2.05, 4.69) is 22.2 Å². The van der Waals surface area contributed by atoms with E-state index in [-0.39, 0.29) is 11.5 Å². The normalized spacial score (nSPS) is 18.8. The summed E-state index contributed by atoms with van der Waals surface area (Å²) in [6, 6.07) is 0.170. The van der Waals surface area contributed by atoms with Gasteiger partial charge in [-0.15, -0.1) is 0 Å². The molecular weight excluding hydrogens is 254 g/mol. The van der Waals surface area contributed by atoms with Gasteiger partial charge in [-0.05, 0) is 31.7 Å². The fourth-order valence-corrected chi connectivity index (χ4v) is 3.47. The molecule has 1 saturated carbocycles. The van der Waals surface area contributed by atoms with Gasteiger partial charge in [0.25, 0.3) is 0 Å². The van der Waals surface area contributed by atoms with Gasteiger partial charge < -0.3 is 14.8 Å². The standard InChI is InChI=1S/C15H25N3O2/c1-5-15(8-6-7-9-15)13(16-2)12-14(20-4)18-11(19-3)10-17-12/h10,13,16H,5-9H2,1-4H3. The fraction of sp³-hybridized carbons (Fsp3) is 0.733. The lowest BCUT2D eigenvalue weighted by Gasteiger charge is -2.36. The van der Waals surface area contributed by atoms with Gasteiger partial charge in [0, 0.05) is 0 Å². The van der Waals surface area contributed by atoms with E-state index in [9.17, 15) is 0 Å². The Hall–Kier alpha value is -1.36. The van der Waals surface area contributed by atoms with E-state index in [4.69, 9.17) is 9.47 Å². The highest BCUT2D eigenvalue weighted by Crippen LogP contribution is 2.50. The van der Waals surface area contributed by atoms with Gasteiger partial charge in [0.05, 0.1) is 26.5 Å². The van der Waals surface area contributed by atoms with Crippen LogP contribution in [0.5, 0.6) is 11.8 Å². The lowest BCUT2D eigenvalue weighted by Crippen LogP contribution is -2.35.